The lowest BCUT2D eigenvalue weighted by molar-refractivity contribution is 0.102. The second-order valence-corrected chi connectivity index (χ2v) is 5.11. The molecule has 0 fully saturated rings. The quantitative estimate of drug-likeness (QED) is 0.767. The molecule has 0 saturated carbocycles. The molecule has 1 N–H and O–H groups in total. The number of aromatic nitrogens is 1. The second-order valence-electron chi connectivity index (χ2n) is 4.39. The summed E-state index contributed by atoms with van der Waals surface area (Å²) in [5.74, 6) is -0.223. The molecule has 0 aliphatic carbocycles. The van der Waals surface area contributed by atoms with Gasteiger partial charge in [-0.25, -0.2) is 0 Å². The van der Waals surface area contributed by atoms with Crippen LogP contribution in [0.15, 0.2) is 51.9 Å². The number of nitrogens with zero attached hydrogens (tertiary/aromatic N) is 1. The Bertz CT molecular complexity index is 795. The first-order valence-electron chi connectivity index (χ1n) is 6.05. The number of benzene rings is 1. The molecule has 0 aliphatic rings. The Morgan fingerprint density at radius 3 is 2.90 bits per heavy atom. The van der Waals surface area contributed by atoms with Gasteiger partial charge in [0.05, 0.1) is 23.0 Å². The van der Waals surface area contributed by atoms with Gasteiger partial charge in [-0.05, 0) is 52.7 Å². The number of hydrogen-bond donors (Lipinski definition) is 1. The lowest BCUT2D eigenvalue weighted by Gasteiger charge is -2.09. The maximum atomic E-state index is 12.2. The fraction of sp³-hybridized carbons (Fsp3) is 0.0667. The molecule has 4 nitrogen and oxygen atoms in total. The van der Waals surface area contributed by atoms with E-state index < -0.39 is 0 Å². The van der Waals surface area contributed by atoms with Gasteiger partial charge in [0.2, 0.25) is 0 Å². The summed E-state index contributed by atoms with van der Waals surface area (Å²) in [5.41, 5.74) is 3.15. The first-order valence-corrected chi connectivity index (χ1v) is 6.85. The number of furan rings is 1. The summed E-state index contributed by atoms with van der Waals surface area (Å²) in [6.45, 7) is 1.99. The van der Waals surface area contributed by atoms with Gasteiger partial charge >= 0.3 is 0 Å². The van der Waals surface area contributed by atoms with E-state index in [9.17, 15) is 4.79 Å². The molecule has 100 valence electrons. The van der Waals surface area contributed by atoms with Crippen LogP contribution in [0.4, 0.5) is 5.69 Å². The molecule has 0 saturated heterocycles. The standard InChI is InChI=1S/C15H11BrN2O2/c1-9-4-5-12(10-3-2-7-17-13(9)10)18-15(19)11-6-8-20-14(11)16/h2-8H,1H3,(H,18,19). The van der Waals surface area contributed by atoms with Gasteiger partial charge in [0, 0.05) is 11.6 Å². The van der Waals surface area contributed by atoms with Gasteiger partial charge in [-0.2, -0.15) is 0 Å². The molecule has 0 atom stereocenters. The van der Waals surface area contributed by atoms with Gasteiger partial charge in [0.15, 0.2) is 4.67 Å². The van der Waals surface area contributed by atoms with E-state index in [1.54, 1.807) is 12.3 Å². The zero-order valence-corrected chi connectivity index (χ0v) is 12.3. The highest BCUT2D eigenvalue weighted by atomic mass is 79.9. The van der Waals surface area contributed by atoms with Gasteiger partial charge in [-0.1, -0.05) is 6.07 Å². The Labute approximate surface area is 123 Å². The molecular formula is C15H11BrN2O2. The maximum absolute atomic E-state index is 12.2. The largest absolute Gasteiger partial charge is 0.457 e. The predicted octanol–water partition coefficient (Wildman–Crippen LogP) is 4.15. The van der Waals surface area contributed by atoms with Crippen molar-refractivity contribution >= 4 is 38.4 Å². The average Bonchev–Trinajstić information content (AvgIpc) is 2.88. The van der Waals surface area contributed by atoms with Crippen LogP contribution in [-0.4, -0.2) is 10.9 Å². The summed E-state index contributed by atoms with van der Waals surface area (Å²) < 4.78 is 5.49. The number of fused-ring (bicyclic) bond motifs is 1. The minimum absolute atomic E-state index is 0.223. The SMILES string of the molecule is Cc1ccc(NC(=O)c2ccoc2Br)c2cccnc12. The lowest BCUT2D eigenvalue weighted by atomic mass is 10.1. The lowest BCUT2D eigenvalue weighted by Crippen LogP contribution is -2.12. The number of anilines is 1. The van der Waals surface area contributed by atoms with Crippen molar-refractivity contribution < 1.29 is 9.21 Å². The zero-order valence-electron chi connectivity index (χ0n) is 10.7. The summed E-state index contributed by atoms with van der Waals surface area (Å²) in [7, 11) is 0. The van der Waals surface area contributed by atoms with Crippen molar-refractivity contribution in [3.63, 3.8) is 0 Å². The molecule has 0 aliphatic heterocycles. The Morgan fingerprint density at radius 2 is 2.15 bits per heavy atom. The van der Waals surface area contributed by atoms with E-state index in [1.165, 1.54) is 6.26 Å². The third-order valence-electron chi connectivity index (χ3n) is 3.08. The minimum atomic E-state index is -0.223. The number of pyridine rings is 1. The van der Waals surface area contributed by atoms with E-state index in [-0.39, 0.29) is 5.91 Å². The van der Waals surface area contributed by atoms with Crippen LogP contribution in [0.1, 0.15) is 15.9 Å². The molecule has 0 radical (unpaired) electrons. The van der Waals surface area contributed by atoms with Gasteiger partial charge in [-0.15, -0.1) is 0 Å². The Kier molecular flexibility index (Phi) is 3.28. The molecule has 0 spiro atoms. The fourth-order valence-corrected chi connectivity index (χ4v) is 2.49. The van der Waals surface area contributed by atoms with Gasteiger partial charge in [0.1, 0.15) is 0 Å². The number of aryl methyl sites for hydroxylation is 1. The molecule has 3 aromatic rings. The fourth-order valence-electron chi connectivity index (χ4n) is 2.07. The first kappa shape index (κ1) is 12.9. The number of amides is 1. The van der Waals surface area contributed by atoms with Crippen molar-refractivity contribution in [3.8, 4) is 0 Å². The molecule has 2 aromatic heterocycles. The highest BCUT2D eigenvalue weighted by Crippen LogP contribution is 2.26. The van der Waals surface area contributed by atoms with Crippen LogP contribution in [0.3, 0.4) is 0 Å². The summed E-state index contributed by atoms with van der Waals surface area (Å²) >= 11 is 3.20. The van der Waals surface area contributed by atoms with Gasteiger partial charge < -0.3 is 9.73 Å². The van der Waals surface area contributed by atoms with Crippen LogP contribution >= 0.6 is 15.9 Å². The first-order chi connectivity index (χ1) is 9.66. The van der Waals surface area contributed by atoms with Crippen molar-refractivity contribution in [1.82, 2.24) is 4.98 Å². The topological polar surface area (TPSA) is 55.1 Å². The van der Waals surface area contributed by atoms with Crippen LogP contribution in [-0.2, 0) is 0 Å². The smallest absolute Gasteiger partial charge is 0.260 e. The predicted molar refractivity (Wildman–Crippen MR) is 80.8 cm³/mol. The Morgan fingerprint density at radius 1 is 1.30 bits per heavy atom. The summed E-state index contributed by atoms with van der Waals surface area (Å²) in [5, 5.41) is 3.80. The van der Waals surface area contributed by atoms with Crippen LogP contribution in [0.2, 0.25) is 0 Å². The summed E-state index contributed by atoms with van der Waals surface area (Å²) in [6, 6.07) is 9.23. The molecule has 20 heavy (non-hydrogen) atoms. The molecule has 1 aromatic carbocycles. The van der Waals surface area contributed by atoms with Crippen LogP contribution in [0.25, 0.3) is 10.9 Å². The van der Waals surface area contributed by atoms with E-state index in [0.29, 0.717) is 10.2 Å². The Hall–Kier alpha value is -2.14. The second kappa shape index (κ2) is 5.09. The maximum Gasteiger partial charge on any atom is 0.260 e. The van der Waals surface area contributed by atoms with E-state index in [0.717, 1.165) is 22.2 Å². The molecule has 0 bridgehead atoms. The van der Waals surface area contributed by atoms with Crippen LogP contribution in [0.5, 0.6) is 0 Å². The highest BCUT2D eigenvalue weighted by Gasteiger charge is 2.14. The number of halogens is 1. The third-order valence-corrected chi connectivity index (χ3v) is 3.70. The number of nitrogens with one attached hydrogen (secondary N) is 1. The number of carbonyl (C=O) groups is 1. The summed E-state index contributed by atoms with van der Waals surface area (Å²) in [6.07, 6.45) is 3.21. The zero-order chi connectivity index (χ0) is 14.1. The third kappa shape index (κ3) is 2.20. The summed E-state index contributed by atoms with van der Waals surface area (Å²) in [4.78, 5) is 16.6. The highest BCUT2D eigenvalue weighted by molar-refractivity contribution is 9.10. The van der Waals surface area contributed by atoms with Crippen molar-refractivity contribution in [2.24, 2.45) is 0 Å². The van der Waals surface area contributed by atoms with Crippen LogP contribution < -0.4 is 5.32 Å². The van der Waals surface area contributed by atoms with E-state index in [4.69, 9.17) is 4.42 Å². The monoisotopic (exact) mass is 330 g/mol. The molecule has 2 heterocycles. The van der Waals surface area contributed by atoms with E-state index in [2.05, 4.69) is 26.2 Å². The molecule has 5 heteroatoms. The molecular weight excluding hydrogens is 320 g/mol. The average molecular weight is 331 g/mol. The number of carbonyl (C=O) groups excluding carboxylic acids is 1. The van der Waals surface area contributed by atoms with Crippen molar-refractivity contribution in [2.75, 3.05) is 5.32 Å². The molecule has 0 unspecified atom stereocenters. The number of rotatable bonds is 2. The van der Waals surface area contributed by atoms with Crippen molar-refractivity contribution in [3.05, 3.63) is 58.6 Å². The number of hydrogen-bond acceptors (Lipinski definition) is 3. The van der Waals surface area contributed by atoms with Crippen molar-refractivity contribution in [2.45, 2.75) is 6.92 Å². The van der Waals surface area contributed by atoms with Crippen LogP contribution in [0, 0.1) is 6.92 Å². The van der Waals surface area contributed by atoms with E-state index >= 15 is 0 Å². The minimum Gasteiger partial charge on any atom is -0.457 e. The van der Waals surface area contributed by atoms with Gasteiger partial charge in [-0.3, -0.25) is 9.78 Å². The van der Waals surface area contributed by atoms with Gasteiger partial charge in [0.25, 0.3) is 5.91 Å². The van der Waals surface area contributed by atoms with Crippen molar-refractivity contribution in [1.29, 1.82) is 0 Å². The molecule has 3 rings (SSSR count). The molecule has 1 amide bonds. The normalized spacial score (nSPS) is 10.7. The Balaban J connectivity index is 2.02. The van der Waals surface area contributed by atoms with E-state index in [1.807, 2.05) is 31.2 Å².